The van der Waals surface area contributed by atoms with E-state index in [2.05, 4.69) is 14.1 Å². The van der Waals surface area contributed by atoms with E-state index in [4.69, 9.17) is 28.9 Å². The van der Waals surface area contributed by atoms with Crippen molar-refractivity contribution in [2.45, 2.75) is 31.7 Å². The van der Waals surface area contributed by atoms with Crippen LogP contribution in [0.15, 0.2) is 6.07 Å². The van der Waals surface area contributed by atoms with Crippen LogP contribution in [0.1, 0.15) is 25.7 Å². The Kier molecular flexibility index (Phi) is 4.31. The SMILES string of the molecule is NC1CCCCC1C(=O)Nc1c(Cl)cc(Cl)c2nsnc12. The quantitative estimate of drug-likeness (QED) is 0.873. The number of benzene rings is 1. The number of nitrogens with two attached hydrogens (primary N) is 1. The maximum Gasteiger partial charge on any atom is 0.229 e. The van der Waals surface area contributed by atoms with Gasteiger partial charge in [0.25, 0.3) is 0 Å². The zero-order valence-corrected chi connectivity index (χ0v) is 13.4. The van der Waals surface area contributed by atoms with E-state index < -0.39 is 0 Å². The van der Waals surface area contributed by atoms with Crippen molar-refractivity contribution >= 4 is 57.6 Å². The number of hydrogen-bond acceptors (Lipinski definition) is 5. The summed E-state index contributed by atoms with van der Waals surface area (Å²) in [4.78, 5) is 12.5. The molecule has 1 aromatic carbocycles. The van der Waals surface area contributed by atoms with Crippen molar-refractivity contribution in [1.29, 1.82) is 0 Å². The highest BCUT2D eigenvalue weighted by molar-refractivity contribution is 7.00. The van der Waals surface area contributed by atoms with E-state index in [1.807, 2.05) is 0 Å². The average Bonchev–Trinajstić information content (AvgIpc) is 2.93. The van der Waals surface area contributed by atoms with E-state index in [0.29, 0.717) is 26.8 Å². The molecule has 1 fully saturated rings. The van der Waals surface area contributed by atoms with Crippen molar-refractivity contribution < 1.29 is 4.79 Å². The Labute approximate surface area is 136 Å². The van der Waals surface area contributed by atoms with Gasteiger partial charge in [-0.15, -0.1) is 0 Å². The van der Waals surface area contributed by atoms with E-state index in [1.54, 1.807) is 6.07 Å². The lowest BCUT2D eigenvalue weighted by Crippen LogP contribution is -2.40. The van der Waals surface area contributed by atoms with Crippen molar-refractivity contribution in [2.75, 3.05) is 5.32 Å². The Morgan fingerprint density at radius 3 is 2.71 bits per heavy atom. The molecule has 5 nitrogen and oxygen atoms in total. The second-order valence-electron chi connectivity index (χ2n) is 5.22. The van der Waals surface area contributed by atoms with Crippen molar-refractivity contribution in [3.8, 4) is 0 Å². The van der Waals surface area contributed by atoms with E-state index in [-0.39, 0.29) is 17.9 Å². The molecule has 1 saturated carbocycles. The van der Waals surface area contributed by atoms with Gasteiger partial charge >= 0.3 is 0 Å². The second kappa shape index (κ2) is 6.04. The van der Waals surface area contributed by atoms with E-state index in [1.165, 1.54) is 0 Å². The smallest absolute Gasteiger partial charge is 0.229 e. The molecule has 1 heterocycles. The second-order valence-corrected chi connectivity index (χ2v) is 6.56. The van der Waals surface area contributed by atoms with Crippen molar-refractivity contribution in [3.63, 3.8) is 0 Å². The van der Waals surface area contributed by atoms with Gasteiger partial charge in [0, 0.05) is 6.04 Å². The molecule has 1 aliphatic rings. The Balaban J connectivity index is 1.91. The topological polar surface area (TPSA) is 80.9 Å². The molecule has 21 heavy (non-hydrogen) atoms. The lowest BCUT2D eigenvalue weighted by atomic mass is 9.84. The van der Waals surface area contributed by atoms with Gasteiger partial charge < -0.3 is 11.1 Å². The largest absolute Gasteiger partial charge is 0.327 e. The zero-order valence-electron chi connectivity index (χ0n) is 11.1. The summed E-state index contributed by atoms with van der Waals surface area (Å²) in [6, 6.07) is 1.47. The monoisotopic (exact) mass is 344 g/mol. The Morgan fingerprint density at radius 1 is 1.24 bits per heavy atom. The van der Waals surface area contributed by atoms with Gasteiger partial charge in [0.2, 0.25) is 5.91 Å². The molecule has 1 aromatic heterocycles. The first kappa shape index (κ1) is 15.0. The van der Waals surface area contributed by atoms with Crippen LogP contribution in [-0.2, 0) is 4.79 Å². The first-order chi connectivity index (χ1) is 10.1. The standard InChI is InChI=1S/C13H14Cl2N4OS/c14-7-5-8(15)11-12(19-21-18-11)10(7)17-13(20)6-3-1-2-4-9(6)16/h5-6,9H,1-4,16H2,(H,17,20). The summed E-state index contributed by atoms with van der Waals surface area (Å²) in [5.74, 6) is -0.298. The van der Waals surface area contributed by atoms with Crippen LogP contribution in [0.4, 0.5) is 5.69 Å². The molecule has 0 saturated heterocycles. The van der Waals surface area contributed by atoms with E-state index in [9.17, 15) is 4.79 Å². The lowest BCUT2D eigenvalue weighted by Gasteiger charge is -2.27. The normalized spacial score (nSPS) is 22.4. The number of amides is 1. The molecule has 2 atom stereocenters. The number of nitrogens with one attached hydrogen (secondary N) is 1. The number of hydrogen-bond donors (Lipinski definition) is 2. The maximum atomic E-state index is 12.5. The van der Waals surface area contributed by atoms with Crippen molar-refractivity contribution in [3.05, 3.63) is 16.1 Å². The number of halogens is 2. The molecule has 0 spiro atoms. The lowest BCUT2D eigenvalue weighted by molar-refractivity contribution is -0.121. The fourth-order valence-corrected chi connectivity index (χ4v) is 3.85. The van der Waals surface area contributed by atoms with Crippen LogP contribution in [-0.4, -0.2) is 20.7 Å². The van der Waals surface area contributed by atoms with E-state index in [0.717, 1.165) is 37.4 Å². The summed E-state index contributed by atoms with van der Waals surface area (Å²) in [7, 11) is 0. The van der Waals surface area contributed by atoms with Gasteiger partial charge in [0.15, 0.2) is 0 Å². The van der Waals surface area contributed by atoms with Crippen LogP contribution in [0.3, 0.4) is 0 Å². The van der Waals surface area contributed by atoms with Crippen LogP contribution in [0.5, 0.6) is 0 Å². The van der Waals surface area contributed by atoms with Crippen LogP contribution >= 0.6 is 34.9 Å². The highest BCUT2D eigenvalue weighted by Gasteiger charge is 2.29. The number of carbonyl (C=O) groups is 1. The van der Waals surface area contributed by atoms with Gasteiger partial charge in [-0.3, -0.25) is 4.79 Å². The fourth-order valence-electron chi connectivity index (χ4n) is 2.69. The fraction of sp³-hybridized carbons (Fsp3) is 0.462. The van der Waals surface area contributed by atoms with Gasteiger partial charge in [0.1, 0.15) is 11.0 Å². The van der Waals surface area contributed by atoms with Gasteiger partial charge in [-0.2, -0.15) is 8.75 Å². The molecule has 3 rings (SSSR count). The summed E-state index contributed by atoms with van der Waals surface area (Å²) in [6.45, 7) is 0. The first-order valence-electron chi connectivity index (χ1n) is 6.74. The third-order valence-corrected chi connectivity index (χ3v) is 4.96. The molecular weight excluding hydrogens is 331 g/mol. The molecule has 0 aliphatic heterocycles. The Morgan fingerprint density at radius 2 is 1.95 bits per heavy atom. The number of rotatable bonds is 2. The van der Waals surface area contributed by atoms with Crippen molar-refractivity contribution in [1.82, 2.24) is 8.75 Å². The van der Waals surface area contributed by atoms with Crippen molar-refractivity contribution in [2.24, 2.45) is 11.7 Å². The Hall–Kier alpha value is -0.950. The summed E-state index contributed by atoms with van der Waals surface area (Å²) in [5, 5.41) is 3.65. The molecule has 2 unspecified atom stereocenters. The van der Waals surface area contributed by atoms with Gasteiger partial charge in [0.05, 0.1) is 33.4 Å². The minimum absolute atomic E-state index is 0.103. The van der Waals surface area contributed by atoms with Gasteiger partial charge in [-0.1, -0.05) is 36.0 Å². The highest BCUT2D eigenvalue weighted by Crippen LogP contribution is 2.36. The number of fused-ring (bicyclic) bond motifs is 1. The zero-order chi connectivity index (χ0) is 15.0. The highest BCUT2D eigenvalue weighted by atomic mass is 35.5. The minimum atomic E-state index is -0.188. The van der Waals surface area contributed by atoms with Gasteiger partial charge in [-0.05, 0) is 18.9 Å². The molecule has 0 radical (unpaired) electrons. The molecule has 2 aromatic rings. The summed E-state index contributed by atoms with van der Waals surface area (Å²) < 4.78 is 8.29. The van der Waals surface area contributed by atoms with Crippen LogP contribution in [0.25, 0.3) is 11.0 Å². The molecule has 0 bridgehead atoms. The molecule has 112 valence electrons. The summed E-state index contributed by atoms with van der Waals surface area (Å²) in [6.07, 6.45) is 3.78. The minimum Gasteiger partial charge on any atom is -0.327 e. The average molecular weight is 345 g/mol. The third kappa shape index (κ3) is 2.85. The Bertz CT molecular complexity index is 690. The van der Waals surface area contributed by atoms with Gasteiger partial charge in [-0.25, -0.2) is 0 Å². The molecular formula is C13H14Cl2N4OS. The van der Waals surface area contributed by atoms with Crippen LogP contribution in [0, 0.1) is 5.92 Å². The molecule has 8 heteroatoms. The summed E-state index contributed by atoms with van der Waals surface area (Å²) >= 11 is 13.3. The number of carbonyl (C=O) groups excluding carboxylic acids is 1. The number of anilines is 1. The molecule has 1 aliphatic carbocycles. The first-order valence-corrected chi connectivity index (χ1v) is 8.23. The van der Waals surface area contributed by atoms with E-state index >= 15 is 0 Å². The third-order valence-electron chi connectivity index (χ3n) is 3.85. The predicted molar refractivity (Wildman–Crippen MR) is 86.0 cm³/mol. The van der Waals surface area contributed by atoms with Crippen LogP contribution in [0.2, 0.25) is 10.0 Å². The molecule has 1 amide bonds. The maximum absolute atomic E-state index is 12.5. The molecule has 3 N–H and O–H groups in total. The number of nitrogens with zero attached hydrogens (tertiary/aromatic N) is 2. The summed E-state index contributed by atoms with van der Waals surface area (Å²) in [5.41, 5.74) is 7.59. The predicted octanol–water partition coefficient (Wildman–Crippen LogP) is 3.45. The number of aromatic nitrogens is 2. The van der Waals surface area contributed by atoms with Crippen LogP contribution < -0.4 is 11.1 Å².